The first-order valence-corrected chi connectivity index (χ1v) is 5.97. The van der Waals surface area contributed by atoms with Crippen LogP contribution in [0.4, 0.5) is 19.2 Å². The molecule has 1 aliphatic rings. The highest BCUT2D eigenvalue weighted by Crippen LogP contribution is 2.19. The third kappa shape index (κ3) is 5.88. The Morgan fingerprint density at radius 2 is 2.11 bits per heavy atom. The zero-order chi connectivity index (χ0) is 13.7. The lowest BCUT2D eigenvalue weighted by Crippen LogP contribution is -2.20. The summed E-state index contributed by atoms with van der Waals surface area (Å²) in [5.74, 6) is 0.450. The summed E-state index contributed by atoms with van der Waals surface area (Å²) in [7, 11) is 0. The van der Waals surface area contributed by atoms with Crippen LogP contribution < -0.4 is 10.6 Å². The second-order valence-corrected chi connectivity index (χ2v) is 4.25. The fraction of sp³-hybridized carbons (Fsp3) is 0.800. The van der Waals surface area contributed by atoms with E-state index in [0.29, 0.717) is 18.5 Å². The third-order valence-corrected chi connectivity index (χ3v) is 2.37. The summed E-state index contributed by atoms with van der Waals surface area (Å²) < 4.78 is 45.0. The predicted octanol–water partition coefficient (Wildman–Crippen LogP) is 1.31. The molecule has 0 aliphatic heterocycles. The van der Waals surface area contributed by atoms with Crippen molar-refractivity contribution in [3.63, 3.8) is 0 Å². The van der Waals surface area contributed by atoms with Crippen LogP contribution in [-0.2, 0) is 11.3 Å². The van der Waals surface area contributed by atoms with E-state index in [2.05, 4.69) is 25.6 Å². The van der Waals surface area contributed by atoms with Crippen LogP contribution >= 0.6 is 0 Å². The van der Waals surface area contributed by atoms with E-state index in [-0.39, 0.29) is 19.2 Å². The van der Waals surface area contributed by atoms with Crippen molar-refractivity contribution < 1.29 is 22.3 Å². The molecule has 19 heavy (non-hydrogen) atoms. The molecule has 1 fully saturated rings. The summed E-state index contributed by atoms with van der Waals surface area (Å²) in [4.78, 5) is 0. The molecule has 2 N–H and O–H groups in total. The quantitative estimate of drug-likeness (QED) is 0.700. The summed E-state index contributed by atoms with van der Waals surface area (Å²) >= 11 is 0. The van der Waals surface area contributed by atoms with Gasteiger partial charge >= 0.3 is 12.2 Å². The van der Waals surface area contributed by atoms with Crippen molar-refractivity contribution in [1.82, 2.24) is 15.5 Å². The Bertz CT molecular complexity index is 392. The second kappa shape index (κ2) is 6.20. The number of nitrogens with one attached hydrogen (secondary N) is 2. The molecule has 2 rings (SSSR count). The Morgan fingerprint density at radius 3 is 2.79 bits per heavy atom. The van der Waals surface area contributed by atoms with Gasteiger partial charge in [0.05, 0.1) is 13.2 Å². The van der Waals surface area contributed by atoms with Gasteiger partial charge in [0.1, 0.15) is 6.61 Å². The van der Waals surface area contributed by atoms with E-state index in [1.807, 2.05) is 0 Å². The molecule has 0 bridgehead atoms. The molecule has 1 saturated carbocycles. The molecule has 1 heterocycles. The minimum absolute atomic E-state index is 0.0858. The first kappa shape index (κ1) is 14.1. The third-order valence-electron chi connectivity index (χ3n) is 2.37. The number of ether oxygens (including phenoxy) is 1. The SMILES string of the molecule is FC(F)(F)COCCNc1nnc(CNC2CC2)o1. The zero-order valence-electron chi connectivity index (χ0n) is 10.2. The summed E-state index contributed by atoms with van der Waals surface area (Å²) in [6, 6.07) is 0.724. The fourth-order valence-corrected chi connectivity index (χ4v) is 1.33. The monoisotopic (exact) mass is 280 g/mol. The summed E-state index contributed by atoms with van der Waals surface area (Å²) in [6.45, 7) is -0.662. The minimum Gasteiger partial charge on any atom is -0.407 e. The Hall–Kier alpha value is -1.35. The van der Waals surface area contributed by atoms with Gasteiger partial charge in [-0.25, -0.2) is 0 Å². The molecule has 0 atom stereocenters. The van der Waals surface area contributed by atoms with Gasteiger partial charge in [-0.3, -0.25) is 0 Å². The van der Waals surface area contributed by atoms with Crippen LogP contribution in [0.25, 0.3) is 0 Å². The van der Waals surface area contributed by atoms with Gasteiger partial charge in [-0.15, -0.1) is 5.10 Å². The van der Waals surface area contributed by atoms with Crippen LogP contribution in [0.3, 0.4) is 0 Å². The first-order valence-electron chi connectivity index (χ1n) is 5.97. The molecule has 1 aromatic rings. The van der Waals surface area contributed by atoms with Crippen molar-refractivity contribution in [2.45, 2.75) is 31.6 Å². The van der Waals surface area contributed by atoms with Gasteiger partial charge in [0.2, 0.25) is 5.89 Å². The van der Waals surface area contributed by atoms with E-state index in [1.165, 1.54) is 0 Å². The zero-order valence-corrected chi connectivity index (χ0v) is 10.2. The van der Waals surface area contributed by atoms with Crippen LogP contribution in [0.15, 0.2) is 4.42 Å². The van der Waals surface area contributed by atoms with Crippen molar-refractivity contribution >= 4 is 6.01 Å². The summed E-state index contributed by atoms with van der Waals surface area (Å²) in [5.41, 5.74) is 0. The number of hydrogen-bond donors (Lipinski definition) is 2. The van der Waals surface area contributed by atoms with E-state index in [1.54, 1.807) is 0 Å². The predicted molar refractivity (Wildman–Crippen MR) is 59.5 cm³/mol. The van der Waals surface area contributed by atoms with Crippen molar-refractivity contribution in [1.29, 1.82) is 0 Å². The molecule has 0 aromatic carbocycles. The minimum atomic E-state index is -4.30. The average Bonchev–Trinajstić information content (AvgIpc) is 3.05. The van der Waals surface area contributed by atoms with E-state index in [4.69, 9.17) is 4.42 Å². The van der Waals surface area contributed by atoms with E-state index >= 15 is 0 Å². The molecule has 0 saturated heterocycles. The molecule has 6 nitrogen and oxygen atoms in total. The maximum Gasteiger partial charge on any atom is 0.411 e. The fourth-order valence-electron chi connectivity index (χ4n) is 1.33. The van der Waals surface area contributed by atoms with Crippen LogP contribution in [0.5, 0.6) is 0 Å². The van der Waals surface area contributed by atoms with Gasteiger partial charge in [-0.1, -0.05) is 5.10 Å². The summed E-state index contributed by atoms with van der Waals surface area (Å²) in [6.07, 6.45) is -1.97. The maximum absolute atomic E-state index is 11.8. The molecule has 0 amide bonds. The van der Waals surface area contributed by atoms with Gasteiger partial charge in [-0.2, -0.15) is 13.2 Å². The summed E-state index contributed by atoms with van der Waals surface area (Å²) in [5, 5.41) is 13.4. The molecule has 108 valence electrons. The highest BCUT2D eigenvalue weighted by Gasteiger charge is 2.27. The molecule has 9 heteroatoms. The Balaban J connectivity index is 1.57. The molecule has 1 aromatic heterocycles. The Kier molecular flexibility index (Phi) is 4.59. The number of nitrogens with zero attached hydrogens (tertiary/aromatic N) is 2. The molecular weight excluding hydrogens is 265 g/mol. The number of halogens is 3. The van der Waals surface area contributed by atoms with Gasteiger partial charge in [0, 0.05) is 12.6 Å². The van der Waals surface area contributed by atoms with Crippen LogP contribution in [0, 0.1) is 0 Å². The number of hydrogen-bond acceptors (Lipinski definition) is 6. The van der Waals surface area contributed by atoms with Crippen LogP contribution in [0.1, 0.15) is 18.7 Å². The van der Waals surface area contributed by atoms with Gasteiger partial charge < -0.3 is 19.8 Å². The maximum atomic E-state index is 11.8. The molecule has 0 radical (unpaired) electrons. The smallest absolute Gasteiger partial charge is 0.407 e. The molecule has 1 aliphatic carbocycles. The van der Waals surface area contributed by atoms with Crippen molar-refractivity contribution in [3.8, 4) is 0 Å². The number of alkyl halides is 3. The Morgan fingerprint density at radius 1 is 1.32 bits per heavy atom. The van der Waals surface area contributed by atoms with Crippen LogP contribution in [0.2, 0.25) is 0 Å². The second-order valence-electron chi connectivity index (χ2n) is 4.25. The number of rotatable bonds is 8. The number of aromatic nitrogens is 2. The lowest BCUT2D eigenvalue weighted by Gasteiger charge is -2.07. The molecule has 0 spiro atoms. The number of anilines is 1. The van der Waals surface area contributed by atoms with Gasteiger partial charge in [0.25, 0.3) is 0 Å². The molecule has 0 unspecified atom stereocenters. The normalized spacial score (nSPS) is 15.7. The lowest BCUT2D eigenvalue weighted by molar-refractivity contribution is -0.172. The van der Waals surface area contributed by atoms with E-state index in [0.717, 1.165) is 12.8 Å². The molecular formula is C10H15F3N4O2. The largest absolute Gasteiger partial charge is 0.411 e. The van der Waals surface area contributed by atoms with Crippen molar-refractivity contribution in [2.75, 3.05) is 25.1 Å². The topological polar surface area (TPSA) is 72.2 Å². The Labute approximate surface area is 107 Å². The standard InChI is InChI=1S/C10H15F3N4O2/c11-10(12,13)6-18-4-3-14-9-17-16-8(19-9)5-15-7-1-2-7/h7,15H,1-6H2,(H,14,17). The van der Waals surface area contributed by atoms with Gasteiger partial charge in [0.15, 0.2) is 0 Å². The van der Waals surface area contributed by atoms with E-state index < -0.39 is 12.8 Å². The highest BCUT2D eigenvalue weighted by atomic mass is 19.4. The average molecular weight is 280 g/mol. The highest BCUT2D eigenvalue weighted by molar-refractivity contribution is 5.16. The first-order chi connectivity index (χ1) is 9.03. The van der Waals surface area contributed by atoms with Crippen molar-refractivity contribution in [2.24, 2.45) is 0 Å². The van der Waals surface area contributed by atoms with Crippen molar-refractivity contribution in [3.05, 3.63) is 5.89 Å². The lowest BCUT2D eigenvalue weighted by atomic mass is 10.6. The van der Waals surface area contributed by atoms with E-state index in [9.17, 15) is 13.2 Å². The van der Waals surface area contributed by atoms with Gasteiger partial charge in [-0.05, 0) is 12.8 Å². The van der Waals surface area contributed by atoms with Crippen LogP contribution in [-0.4, -0.2) is 42.2 Å².